The lowest BCUT2D eigenvalue weighted by molar-refractivity contribution is -0.300. The highest BCUT2D eigenvalue weighted by atomic mass is 17.2. The smallest absolute Gasteiger partial charge is 0.161 e. The SMILES string of the molecule is CC(C)=CC#COOC(C)(C)C. The van der Waals surface area contributed by atoms with Crippen LogP contribution in [0.1, 0.15) is 34.6 Å². The van der Waals surface area contributed by atoms with Crippen LogP contribution in [0.5, 0.6) is 0 Å². The van der Waals surface area contributed by atoms with Gasteiger partial charge in [-0.25, -0.2) is 0 Å². The van der Waals surface area contributed by atoms with Crippen LogP contribution < -0.4 is 0 Å². The van der Waals surface area contributed by atoms with Gasteiger partial charge in [-0.15, -0.1) is 0 Å². The topological polar surface area (TPSA) is 18.5 Å². The van der Waals surface area contributed by atoms with Crippen LogP contribution in [0, 0.1) is 12.0 Å². The molecule has 0 N–H and O–H groups in total. The molecule has 12 heavy (non-hydrogen) atoms. The van der Waals surface area contributed by atoms with Crippen molar-refractivity contribution in [1.82, 2.24) is 0 Å². The predicted octanol–water partition coefficient (Wildman–Crippen LogP) is 2.66. The van der Waals surface area contributed by atoms with Crippen LogP contribution in [0.3, 0.4) is 0 Å². The molecule has 0 atom stereocenters. The van der Waals surface area contributed by atoms with Crippen molar-refractivity contribution in [3.05, 3.63) is 11.6 Å². The molecule has 2 heteroatoms. The molecule has 0 bridgehead atoms. The molecular weight excluding hydrogens is 152 g/mol. The third-order valence-electron chi connectivity index (χ3n) is 0.753. The molecular formula is C10H16O2. The van der Waals surface area contributed by atoms with E-state index in [0.717, 1.165) is 5.57 Å². The fourth-order valence-corrected chi connectivity index (χ4v) is 0.344. The lowest BCUT2D eigenvalue weighted by Gasteiger charge is -2.13. The van der Waals surface area contributed by atoms with E-state index < -0.39 is 0 Å². The maximum Gasteiger partial charge on any atom is 0.161 e. The van der Waals surface area contributed by atoms with E-state index in [1.807, 2.05) is 34.6 Å². The molecule has 0 heterocycles. The Bertz CT molecular complexity index is 206. The summed E-state index contributed by atoms with van der Waals surface area (Å²) in [6.07, 6.45) is 4.19. The zero-order chi connectivity index (χ0) is 9.61. The van der Waals surface area contributed by atoms with Crippen LogP contribution in [0.4, 0.5) is 0 Å². The van der Waals surface area contributed by atoms with Crippen molar-refractivity contribution in [1.29, 1.82) is 0 Å². The Balaban J connectivity index is 3.68. The van der Waals surface area contributed by atoms with Crippen molar-refractivity contribution >= 4 is 0 Å². The van der Waals surface area contributed by atoms with Crippen molar-refractivity contribution in [2.24, 2.45) is 0 Å². The monoisotopic (exact) mass is 168 g/mol. The van der Waals surface area contributed by atoms with Gasteiger partial charge in [-0.05, 0) is 46.6 Å². The Morgan fingerprint density at radius 2 is 1.83 bits per heavy atom. The van der Waals surface area contributed by atoms with E-state index in [2.05, 4.69) is 16.9 Å². The fraction of sp³-hybridized carbons (Fsp3) is 0.600. The molecule has 0 aliphatic carbocycles. The van der Waals surface area contributed by atoms with Crippen molar-refractivity contribution in [3.8, 4) is 12.0 Å². The molecule has 0 saturated heterocycles. The zero-order valence-corrected chi connectivity index (χ0v) is 8.39. The molecule has 2 nitrogen and oxygen atoms in total. The lowest BCUT2D eigenvalue weighted by Crippen LogP contribution is -2.17. The molecule has 0 aromatic rings. The molecule has 0 unspecified atom stereocenters. The first-order valence-electron chi connectivity index (χ1n) is 3.90. The normalized spacial score (nSPS) is 9.75. The largest absolute Gasteiger partial charge is 0.282 e. The second-order valence-electron chi connectivity index (χ2n) is 3.75. The Morgan fingerprint density at radius 1 is 1.25 bits per heavy atom. The second-order valence-corrected chi connectivity index (χ2v) is 3.75. The third kappa shape index (κ3) is 9.06. The highest BCUT2D eigenvalue weighted by Gasteiger charge is 2.10. The summed E-state index contributed by atoms with van der Waals surface area (Å²) >= 11 is 0. The van der Waals surface area contributed by atoms with E-state index in [9.17, 15) is 0 Å². The summed E-state index contributed by atoms with van der Waals surface area (Å²) < 4.78 is 0. The van der Waals surface area contributed by atoms with Crippen molar-refractivity contribution in [2.45, 2.75) is 40.2 Å². The summed E-state index contributed by atoms with van der Waals surface area (Å²) in [5.74, 6) is 2.70. The first-order chi connectivity index (χ1) is 5.42. The van der Waals surface area contributed by atoms with Gasteiger partial charge in [0, 0.05) is 0 Å². The minimum atomic E-state index is -0.306. The molecule has 0 aromatic heterocycles. The first-order valence-corrected chi connectivity index (χ1v) is 3.90. The number of allylic oxidation sites excluding steroid dienone is 2. The van der Waals surface area contributed by atoms with Gasteiger partial charge in [-0.1, -0.05) is 5.57 Å². The molecule has 0 amide bonds. The molecule has 0 aliphatic rings. The van der Waals surface area contributed by atoms with Crippen LogP contribution >= 0.6 is 0 Å². The van der Waals surface area contributed by atoms with Crippen molar-refractivity contribution in [3.63, 3.8) is 0 Å². The van der Waals surface area contributed by atoms with Crippen molar-refractivity contribution < 1.29 is 9.78 Å². The maximum atomic E-state index is 4.91. The van der Waals surface area contributed by atoms with Gasteiger partial charge in [-0.3, -0.25) is 4.89 Å². The zero-order valence-electron chi connectivity index (χ0n) is 8.39. The van der Waals surface area contributed by atoms with Gasteiger partial charge in [0.05, 0.1) is 0 Å². The number of hydrogen-bond acceptors (Lipinski definition) is 2. The predicted molar refractivity (Wildman–Crippen MR) is 49.1 cm³/mol. The molecule has 0 saturated carbocycles. The maximum absolute atomic E-state index is 4.91. The number of rotatable bonds is 1. The first kappa shape index (κ1) is 11.1. The Labute approximate surface area is 74.5 Å². The molecule has 0 aromatic carbocycles. The minimum absolute atomic E-state index is 0.306. The Hall–Kier alpha value is -0.940. The van der Waals surface area contributed by atoms with E-state index in [1.54, 1.807) is 6.08 Å². The van der Waals surface area contributed by atoms with Crippen molar-refractivity contribution in [2.75, 3.05) is 0 Å². The lowest BCUT2D eigenvalue weighted by atomic mass is 10.2. The summed E-state index contributed by atoms with van der Waals surface area (Å²) in [7, 11) is 0. The van der Waals surface area contributed by atoms with E-state index in [1.165, 1.54) is 0 Å². The van der Waals surface area contributed by atoms with Gasteiger partial charge in [0.2, 0.25) is 0 Å². The van der Waals surface area contributed by atoms with E-state index >= 15 is 0 Å². The molecule has 0 spiro atoms. The summed E-state index contributed by atoms with van der Waals surface area (Å²) in [6.45, 7) is 9.64. The van der Waals surface area contributed by atoms with E-state index in [-0.39, 0.29) is 5.60 Å². The summed E-state index contributed by atoms with van der Waals surface area (Å²) in [5.41, 5.74) is 0.835. The highest BCUT2D eigenvalue weighted by Crippen LogP contribution is 2.05. The van der Waals surface area contributed by atoms with Gasteiger partial charge >= 0.3 is 0 Å². The van der Waals surface area contributed by atoms with Crippen LogP contribution in [-0.4, -0.2) is 5.60 Å². The van der Waals surface area contributed by atoms with Crippen LogP contribution in [0.2, 0.25) is 0 Å². The highest BCUT2D eigenvalue weighted by molar-refractivity contribution is 5.16. The average molecular weight is 168 g/mol. The standard InChI is InChI=1S/C10H16O2/c1-9(2)7-6-8-11-12-10(3,4)5/h7H,1-5H3. The molecule has 0 aliphatic heterocycles. The van der Waals surface area contributed by atoms with Gasteiger partial charge in [0.15, 0.2) is 6.11 Å². The van der Waals surface area contributed by atoms with Gasteiger partial charge in [-0.2, -0.15) is 4.89 Å². The Kier molecular flexibility index (Phi) is 4.46. The van der Waals surface area contributed by atoms with Crippen LogP contribution in [0.15, 0.2) is 11.6 Å². The minimum Gasteiger partial charge on any atom is -0.282 e. The van der Waals surface area contributed by atoms with Gasteiger partial charge < -0.3 is 0 Å². The molecule has 0 rings (SSSR count). The van der Waals surface area contributed by atoms with Crippen LogP contribution in [-0.2, 0) is 9.78 Å². The Morgan fingerprint density at radius 3 is 2.25 bits per heavy atom. The van der Waals surface area contributed by atoms with Gasteiger partial charge in [0.25, 0.3) is 0 Å². The summed E-state index contributed by atoms with van der Waals surface area (Å²) in [5, 5.41) is 0. The van der Waals surface area contributed by atoms with Gasteiger partial charge in [0.1, 0.15) is 5.60 Å². The molecule has 0 fully saturated rings. The summed E-state index contributed by atoms with van der Waals surface area (Å²) in [4.78, 5) is 9.55. The molecule has 0 radical (unpaired) electrons. The quantitative estimate of drug-likeness (QED) is 0.340. The average Bonchev–Trinajstić information content (AvgIpc) is 1.83. The van der Waals surface area contributed by atoms with Crippen LogP contribution in [0.25, 0.3) is 0 Å². The summed E-state index contributed by atoms with van der Waals surface area (Å²) in [6, 6.07) is 0. The third-order valence-corrected chi connectivity index (χ3v) is 0.753. The number of hydrogen-bond donors (Lipinski definition) is 0. The second kappa shape index (κ2) is 4.84. The van der Waals surface area contributed by atoms with E-state index in [4.69, 9.17) is 4.89 Å². The van der Waals surface area contributed by atoms with E-state index in [0.29, 0.717) is 0 Å². The fourth-order valence-electron chi connectivity index (χ4n) is 0.344. The molecule has 68 valence electrons.